The topological polar surface area (TPSA) is 75.5 Å². The fraction of sp³-hybridized carbons (Fsp3) is 0.364. The summed E-state index contributed by atoms with van der Waals surface area (Å²) in [6.45, 7) is 4.96. The smallest absolute Gasteiger partial charge is 0.143 e. The van der Waals surface area contributed by atoms with Crippen molar-refractivity contribution >= 4 is 10.9 Å². The van der Waals surface area contributed by atoms with Crippen molar-refractivity contribution in [2.75, 3.05) is 13.1 Å². The van der Waals surface area contributed by atoms with Crippen LogP contribution >= 0.6 is 0 Å². The number of para-hydroxylation sites is 1. The first-order chi connectivity index (χ1) is 14.2. The Morgan fingerprint density at radius 3 is 2.76 bits per heavy atom. The molecule has 0 unspecified atom stereocenters. The number of likely N-dealkylation sites (tertiary alicyclic amines) is 1. The van der Waals surface area contributed by atoms with Crippen LogP contribution in [0.1, 0.15) is 36.0 Å². The molecule has 0 aliphatic carbocycles. The van der Waals surface area contributed by atoms with E-state index in [2.05, 4.69) is 45.3 Å². The van der Waals surface area contributed by atoms with Crippen molar-refractivity contribution in [2.24, 2.45) is 7.05 Å². The van der Waals surface area contributed by atoms with Gasteiger partial charge in [0.25, 0.3) is 0 Å². The lowest BCUT2D eigenvalue weighted by Gasteiger charge is -2.30. The van der Waals surface area contributed by atoms with E-state index < -0.39 is 0 Å². The normalized spacial score (nSPS) is 15.9. The molecule has 0 atom stereocenters. The fourth-order valence-corrected chi connectivity index (χ4v) is 4.21. The molecule has 1 saturated heterocycles. The molecule has 4 heterocycles. The van der Waals surface area contributed by atoms with Crippen LogP contribution in [-0.2, 0) is 13.6 Å². The Morgan fingerprint density at radius 2 is 1.97 bits per heavy atom. The second-order valence-electron chi connectivity index (χ2n) is 7.90. The molecule has 148 valence electrons. The predicted molar refractivity (Wildman–Crippen MR) is 112 cm³/mol. The van der Waals surface area contributed by atoms with Gasteiger partial charge < -0.3 is 0 Å². The van der Waals surface area contributed by atoms with Crippen molar-refractivity contribution in [3.8, 4) is 11.3 Å². The maximum Gasteiger partial charge on any atom is 0.143 e. The zero-order valence-corrected chi connectivity index (χ0v) is 16.8. The van der Waals surface area contributed by atoms with Gasteiger partial charge in [-0.15, -0.1) is 0 Å². The molecule has 0 saturated carbocycles. The Bertz CT molecular complexity index is 1130. The highest BCUT2D eigenvalue weighted by Gasteiger charge is 2.23. The molecule has 4 aromatic rings. The average Bonchev–Trinajstić information content (AvgIpc) is 3.38. The van der Waals surface area contributed by atoms with Crippen LogP contribution in [0.15, 0.2) is 42.7 Å². The van der Waals surface area contributed by atoms with Crippen molar-refractivity contribution in [3.05, 3.63) is 59.9 Å². The van der Waals surface area contributed by atoms with Crippen molar-refractivity contribution in [2.45, 2.75) is 32.2 Å². The summed E-state index contributed by atoms with van der Waals surface area (Å²) in [4.78, 5) is 12.0. The number of aromatic nitrogens is 6. The number of rotatable bonds is 4. The lowest BCUT2D eigenvalue weighted by Crippen LogP contribution is -2.33. The Kier molecular flexibility index (Phi) is 4.60. The molecule has 1 N–H and O–H groups in total. The number of aromatic amines is 1. The number of aryl methyl sites for hydroxylation is 2. The van der Waals surface area contributed by atoms with Gasteiger partial charge in [-0.05, 0) is 45.0 Å². The zero-order chi connectivity index (χ0) is 19.8. The summed E-state index contributed by atoms with van der Waals surface area (Å²) >= 11 is 0. The highest BCUT2D eigenvalue weighted by molar-refractivity contribution is 5.80. The van der Waals surface area contributed by atoms with Crippen molar-refractivity contribution in [3.63, 3.8) is 0 Å². The second kappa shape index (κ2) is 7.40. The third-order valence-corrected chi connectivity index (χ3v) is 5.83. The molecule has 7 heteroatoms. The highest BCUT2D eigenvalue weighted by atomic mass is 15.2. The summed E-state index contributed by atoms with van der Waals surface area (Å²) < 4.78 is 1.80. The standard InChI is InChI=1S/C22H25N7/c1-15-18-5-3-4-6-19(18)25-22(24-15)14-29-9-7-16(8-10-29)20-11-21(27-26-20)17-12-23-28(2)13-17/h3-6,11-13,16H,7-10,14H2,1-2H3,(H,26,27). The maximum absolute atomic E-state index is 4.77. The third kappa shape index (κ3) is 3.65. The molecule has 0 bridgehead atoms. The van der Waals surface area contributed by atoms with Crippen LogP contribution in [0.25, 0.3) is 22.2 Å². The molecule has 3 aromatic heterocycles. The Labute approximate surface area is 169 Å². The molecule has 5 rings (SSSR count). The summed E-state index contributed by atoms with van der Waals surface area (Å²) in [6.07, 6.45) is 6.07. The van der Waals surface area contributed by atoms with E-state index in [1.165, 1.54) is 5.69 Å². The molecule has 0 spiro atoms. The molecule has 0 radical (unpaired) electrons. The molecule has 1 fully saturated rings. The monoisotopic (exact) mass is 387 g/mol. The molecular formula is C22H25N7. The fourth-order valence-electron chi connectivity index (χ4n) is 4.21. The predicted octanol–water partition coefficient (Wildman–Crippen LogP) is 3.44. The summed E-state index contributed by atoms with van der Waals surface area (Å²) in [5, 5.41) is 13.1. The summed E-state index contributed by atoms with van der Waals surface area (Å²) in [7, 11) is 1.92. The van der Waals surface area contributed by atoms with Gasteiger partial charge in [-0.3, -0.25) is 14.7 Å². The molecule has 7 nitrogen and oxygen atoms in total. The van der Waals surface area contributed by atoms with Gasteiger partial charge in [0.2, 0.25) is 0 Å². The average molecular weight is 387 g/mol. The van der Waals surface area contributed by atoms with Crippen LogP contribution in [0.5, 0.6) is 0 Å². The Balaban J connectivity index is 1.24. The minimum Gasteiger partial charge on any atom is -0.296 e. The quantitative estimate of drug-likeness (QED) is 0.580. The third-order valence-electron chi connectivity index (χ3n) is 5.83. The zero-order valence-electron chi connectivity index (χ0n) is 16.8. The number of nitrogens with one attached hydrogen (secondary N) is 1. The minimum absolute atomic E-state index is 0.517. The maximum atomic E-state index is 4.77. The number of benzene rings is 1. The second-order valence-corrected chi connectivity index (χ2v) is 7.90. The van der Waals surface area contributed by atoms with Crippen molar-refractivity contribution < 1.29 is 0 Å². The number of H-pyrrole nitrogens is 1. The Hall–Kier alpha value is -3.06. The molecule has 0 amide bonds. The minimum atomic E-state index is 0.517. The van der Waals surface area contributed by atoms with Gasteiger partial charge in [-0.2, -0.15) is 10.2 Å². The number of hydrogen-bond acceptors (Lipinski definition) is 5. The largest absolute Gasteiger partial charge is 0.296 e. The van der Waals surface area contributed by atoms with Gasteiger partial charge in [-0.1, -0.05) is 18.2 Å². The number of piperidine rings is 1. The SMILES string of the molecule is Cc1nc(CN2CCC(c3cc(-c4cnn(C)c4)n[nH]3)CC2)nc2ccccc12. The van der Waals surface area contributed by atoms with Crippen LogP contribution < -0.4 is 0 Å². The number of hydrogen-bond donors (Lipinski definition) is 1. The van der Waals surface area contributed by atoms with Crippen LogP contribution in [-0.4, -0.2) is 47.9 Å². The van der Waals surface area contributed by atoms with Gasteiger partial charge in [-0.25, -0.2) is 9.97 Å². The van der Waals surface area contributed by atoms with E-state index in [9.17, 15) is 0 Å². The van der Waals surface area contributed by atoms with Crippen LogP contribution in [0.4, 0.5) is 0 Å². The first-order valence-electron chi connectivity index (χ1n) is 10.1. The van der Waals surface area contributed by atoms with E-state index in [0.717, 1.165) is 66.2 Å². The van der Waals surface area contributed by atoms with Gasteiger partial charge in [0.05, 0.1) is 24.0 Å². The highest BCUT2D eigenvalue weighted by Crippen LogP contribution is 2.29. The van der Waals surface area contributed by atoms with E-state index in [1.807, 2.05) is 31.6 Å². The molecule has 1 aromatic carbocycles. The lowest BCUT2D eigenvalue weighted by molar-refractivity contribution is 0.199. The van der Waals surface area contributed by atoms with Crippen molar-refractivity contribution in [1.29, 1.82) is 0 Å². The van der Waals surface area contributed by atoms with Gasteiger partial charge in [0.1, 0.15) is 5.82 Å². The van der Waals surface area contributed by atoms with Crippen LogP contribution in [0.2, 0.25) is 0 Å². The molecular weight excluding hydrogens is 362 g/mol. The first-order valence-corrected chi connectivity index (χ1v) is 10.1. The molecule has 1 aliphatic rings. The summed E-state index contributed by atoms with van der Waals surface area (Å²) in [5.41, 5.74) is 5.33. The lowest BCUT2D eigenvalue weighted by atomic mass is 9.93. The van der Waals surface area contributed by atoms with Crippen molar-refractivity contribution in [1.82, 2.24) is 34.8 Å². The van der Waals surface area contributed by atoms with E-state index in [0.29, 0.717) is 5.92 Å². The van der Waals surface area contributed by atoms with Gasteiger partial charge in [0.15, 0.2) is 0 Å². The van der Waals surface area contributed by atoms with Crippen LogP contribution in [0, 0.1) is 6.92 Å². The van der Waals surface area contributed by atoms with E-state index in [4.69, 9.17) is 9.97 Å². The molecule has 1 aliphatic heterocycles. The Morgan fingerprint density at radius 1 is 1.14 bits per heavy atom. The first kappa shape index (κ1) is 18.0. The van der Waals surface area contributed by atoms with E-state index in [1.54, 1.807) is 4.68 Å². The number of nitrogens with zero attached hydrogens (tertiary/aromatic N) is 6. The molecule has 29 heavy (non-hydrogen) atoms. The summed E-state index contributed by atoms with van der Waals surface area (Å²) in [6, 6.07) is 10.4. The van der Waals surface area contributed by atoms with Gasteiger partial charge >= 0.3 is 0 Å². The van der Waals surface area contributed by atoms with E-state index in [-0.39, 0.29) is 0 Å². The van der Waals surface area contributed by atoms with Gasteiger partial charge in [0, 0.05) is 41.5 Å². The van der Waals surface area contributed by atoms with Crippen LogP contribution in [0.3, 0.4) is 0 Å². The van der Waals surface area contributed by atoms with E-state index >= 15 is 0 Å². The summed E-state index contributed by atoms with van der Waals surface area (Å²) in [5.74, 6) is 1.43. The number of fused-ring (bicyclic) bond motifs is 1.